The van der Waals surface area contributed by atoms with Crippen molar-refractivity contribution in [3.05, 3.63) is 59.7 Å². The number of rotatable bonds is 6. The third-order valence-corrected chi connectivity index (χ3v) is 5.87. The number of methoxy groups -OCH3 is 1. The van der Waals surface area contributed by atoms with Crippen molar-refractivity contribution < 1.29 is 23.9 Å². The summed E-state index contributed by atoms with van der Waals surface area (Å²) in [5.74, 6) is -1.21. The SMILES string of the molecule is COC(=O)[C@H](C)Sc1ccccc1C(=O)Nc1cccc([C@]2(C)NC(=O)NC2=O)c1. The number of carbonyl (C=O) groups is 4. The van der Waals surface area contributed by atoms with Crippen LogP contribution < -0.4 is 16.0 Å². The van der Waals surface area contributed by atoms with Crippen molar-refractivity contribution in [2.75, 3.05) is 12.4 Å². The van der Waals surface area contributed by atoms with Crippen LogP contribution in [0, 0.1) is 0 Å². The molecular formula is C21H21N3O5S. The molecule has 9 heteroatoms. The van der Waals surface area contributed by atoms with Crippen LogP contribution >= 0.6 is 11.8 Å². The number of benzene rings is 2. The fraction of sp³-hybridized carbons (Fsp3) is 0.238. The van der Waals surface area contributed by atoms with Gasteiger partial charge in [0.25, 0.3) is 11.8 Å². The molecule has 1 saturated heterocycles. The number of amides is 4. The number of anilines is 1. The van der Waals surface area contributed by atoms with E-state index in [1.165, 1.54) is 18.9 Å². The van der Waals surface area contributed by atoms with Gasteiger partial charge in [-0.1, -0.05) is 24.3 Å². The largest absolute Gasteiger partial charge is 0.468 e. The minimum Gasteiger partial charge on any atom is -0.468 e. The van der Waals surface area contributed by atoms with Crippen molar-refractivity contribution in [2.45, 2.75) is 29.5 Å². The topological polar surface area (TPSA) is 114 Å². The van der Waals surface area contributed by atoms with Gasteiger partial charge in [-0.05, 0) is 43.7 Å². The molecular weight excluding hydrogens is 406 g/mol. The van der Waals surface area contributed by atoms with Crippen LogP contribution in [0.4, 0.5) is 10.5 Å². The van der Waals surface area contributed by atoms with Crippen molar-refractivity contribution in [2.24, 2.45) is 0 Å². The van der Waals surface area contributed by atoms with Crippen LogP contribution in [0.3, 0.4) is 0 Å². The molecule has 0 saturated carbocycles. The average Bonchev–Trinajstić information content (AvgIpc) is 3.00. The first-order valence-corrected chi connectivity index (χ1v) is 10.0. The van der Waals surface area contributed by atoms with E-state index in [2.05, 4.69) is 16.0 Å². The van der Waals surface area contributed by atoms with Gasteiger partial charge < -0.3 is 15.4 Å². The number of urea groups is 1. The Kier molecular flexibility index (Phi) is 6.12. The first-order valence-electron chi connectivity index (χ1n) is 9.13. The Morgan fingerprint density at radius 2 is 1.87 bits per heavy atom. The van der Waals surface area contributed by atoms with Gasteiger partial charge in [0.1, 0.15) is 10.8 Å². The molecule has 30 heavy (non-hydrogen) atoms. The van der Waals surface area contributed by atoms with Gasteiger partial charge in [0.2, 0.25) is 0 Å². The standard InChI is InChI=1S/C21H21N3O5S/c1-12(18(26)29-3)30-16-10-5-4-9-15(16)17(25)22-14-8-6-7-13(11-14)21(2)19(27)23-20(28)24-21/h4-12H,1-3H3,(H,22,25)(H2,23,24,27,28)/t12-,21-/m0/s1. The molecule has 3 rings (SSSR count). The van der Waals surface area contributed by atoms with Crippen molar-refractivity contribution >= 4 is 41.3 Å². The zero-order valence-electron chi connectivity index (χ0n) is 16.6. The zero-order chi connectivity index (χ0) is 21.9. The van der Waals surface area contributed by atoms with Gasteiger partial charge in [0.05, 0.1) is 12.7 Å². The van der Waals surface area contributed by atoms with Crippen LogP contribution in [0.25, 0.3) is 0 Å². The molecule has 2 atom stereocenters. The van der Waals surface area contributed by atoms with Gasteiger partial charge in [-0.15, -0.1) is 11.8 Å². The summed E-state index contributed by atoms with van der Waals surface area (Å²) in [6.45, 7) is 3.30. The third-order valence-electron chi connectivity index (χ3n) is 4.71. The minimum absolute atomic E-state index is 0.364. The molecule has 4 amide bonds. The van der Waals surface area contributed by atoms with Crippen molar-refractivity contribution in [1.29, 1.82) is 0 Å². The van der Waals surface area contributed by atoms with E-state index in [0.717, 1.165) is 0 Å². The lowest BCUT2D eigenvalue weighted by molar-refractivity contribution is -0.139. The number of carbonyl (C=O) groups excluding carboxylic acids is 4. The average molecular weight is 427 g/mol. The molecule has 1 heterocycles. The van der Waals surface area contributed by atoms with E-state index in [1.807, 2.05) is 0 Å². The highest BCUT2D eigenvalue weighted by atomic mass is 32.2. The van der Waals surface area contributed by atoms with Crippen LogP contribution in [0.5, 0.6) is 0 Å². The Balaban J connectivity index is 1.82. The normalized spacial score (nSPS) is 18.9. The Morgan fingerprint density at radius 1 is 1.13 bits per heavy atom. The highest BCUT2D eigenvalue weighted by molar-refractivity contribution is 8.00. The van der Waals surface area contributed by atoms with Crippen LogP contribution in [-0.2, 0) is 19.9 Å². The first kappa shape index (κ1) is 21.4. The molecule has 0 spiro atoms. The molecule has 0 aliphatic carbocycles. The van der Waals surface area contributed by atoms with Crippen LogP contribution in [0.1, 0.15) is 29.8 Å². The molecule has 0 aromatic heterocycles. The summed E-state index contributed by atoms with van der Waals surface area (Å²) in [6.07, 6.45) is 0. The molecule has 8 nitrogen and oxygen atoms in total. The van der Waals surface area contributed by atoms with Gasteiger partial charge in [0.15, 0.2) is 0 Å². The second-order valence-corrected chi connectivity index (χ2v) is 8.23. The van der Waals surface area contributed by atoms with Gasteiger partial charge in [0, 0.05) is 10.6 Å². The van der Waals surface area contributed by atoms with E-state index in [9.17, 15) is 19.2 Å². The summed E-state index contributed by atoms with van der Waals surface area (Å²) in [4.78, 5) is 49.0. The number of imide groups is 1. The monoisotopic (exact) mass is 427 g/mol. The van der Waals surface area contributed by atoms with Crippen molar-refractivity contribution in [3.63, 3.8) is 0 Å². The number of thioether (sulfide) groups is 1. The fourth-order valence-electron chi connectivity index (χ4n) is 3.01. The lowest BCUT2D eigenvalue weighted by atomic mass is 9.92. The van der Waals surface area contributed by atoms with Crippen LogP contribution in [0.15, 0.2) is 53.4 Å². The predicted molar refractivity (Wildman–Crippen MR) is 112 cm³/mol. The third kappa shape index (κ3) is 4.30. The summed E-state index contributed by atoms with van der Waals surface area (Å²) in [6, 6.07) is 13.1. The maximum absolute atomic E-state index is 12.9. The van der Waals surface area contributed by atoms with Gasteiger partial charge in [-0.3, -0.25) is 19.7 Å². The molecule has 0 radical (unpaired) electrons. The molecule has 1 aliphatic rings. The number of nitrogens with one attached hydrogen (secondary N) is 3. The Bertz CT molecular complexity index is 1030. The summed E-state index contributed by atoms with van der Waals surface area (Å²) in [7, 11) is 1.32. The molecule has 156 valence electrons. The van der Waals surface area contributed by atoms with E-state index in [4.69, 9.17) is 4.74 Å². The van der Waals surface area contributed by atoms with E-state index in [-0.39, 0.29) is 11.9 Å². The molecule has 0 unspecified atom stereocenters. The highest BCUT2D eigenvalue weighted by Crippen LogP contribution is 2.29. The van der Waals surface area contributed by atoms with Crippen molar-refractivity contribution in [3.8, 4) is 0 Å². The maximum atomic E-state index is 12.9. The van der Waals surface area contributed by atoms with Gasteiger partial charge >= 0.3 is 12.0 Å². The number of esters is 1. The van der Waals surface area contributed by atoms with Gasteiger partial charge in [-0.25, -0.2) is 4.79 Å². The number of hydrogen-bond acceptors (Lipinski definition) is 6. The molecule has 3 N–H and O–H groups in total. The smallest absolute Gasteiger partial charge is 0.322 e. The summed E-state index contributed by atoms with van der Waals surface area (Å²) < 4.78 is 4.74. The fourth-order valence-corrected chi connectivity index (χ4v) is 4.03. The summed E-state index contributed by atoms with van der Waals surface area (Å²) >= 11 is 1.23. The van der Waals surface area contributed by atoms with E-state index < -0.39 is 22.7 Å². The molecule has 2 aromatic carbocycles. The van der Waals surface area contributed by atoms with E-state index in [0.29, 0.717) is 21.7 Å². The summed E-state index contributed by atoms with van der Waals surface area (Å²) in [5, 5.41) is 7.14. The molecule has 1 fully saturated rings. The first-order chi connectivity index (χ1) is 14.2. The Hall–Kier alpha value is -3.33. The lowest BCUT2D eigenvalue weighted by Crippen LogP contribution is -2.40. The molecule has 0 bridgehead atoms. The van der Waals surface area contributed by atoms with Crippen LogP contribution in [0.2, 0.25) is 0 Å². The summed E-state index contributed by atoms with van der Waals surface area (Å²) in [5.41, 5.74) is 0.183. The quantitative estimate of drug-likeness (QED) is 0.371. The van der Waals surface area contributed by atoms with E-state index >= 15 is 0 Å². The lowest BCUT2D eigenvalue weighted by Gasteiger charge is -2.22. The Labute approximate surface area is 177 Å². The number of hydrogen-bond donors (Lipinski definition) is 3. The van der Waals surface area contributed by atoms with Crippen molar-refractivity contribution in [1.82, 2.24) is 10.6 Å². The Morgan fingerprint density at radius 3 is 2.53 bits per heavy atom. The maximum Gasteiger partial charge on any atom is 0.322 e. The molecule has 1 aliphatic heterocycles. The van der Waals surface area contributed by atoms with Gasteiger partial charge in [-0.2, -0.15) is 0 Å². The highest BCUT2D eigenvalue weighted by Gasteiger charge is 2.43. The predicted octanol–water partition coefficient (Wildman–Crippen LogP) is 2.65. The zero-order valence-corrected chi connectivity index (χ0v) is 17.5. The number of ether oxygens (including phenoxy) is 1. The minimum atomic E-state index is -1.22. The second kappa shape index (κ2) is 8.58. The second-order valence-electron chi connectivity index (χ2n) is 6.85. The van der Waals surface area contributed by atoms with Crippen LogP contribution in [-0.4, -0.2) is 36.2 Å². The molecule has 2 aromatic rings. The van der Waals surface area contributed by atoms with E-state index in [1.54, 1.807) is 62.4 Å².